The van der Waals surface area contributed by atoms with Crippen LogP contribution in [0.1, 0.15) is 26.7 Å². The van der Waals surface area contributed by atoms with Gasteiger partial charge < -0.3 is 11.1 Å². The Morgan fingerprint density at radius 2 is 2.29 bits per heavy atom. The van der Waals surface area contributed by atoms with Crippen LogP contribution in [0.25, 0.3) is 0 Å². The zero-order valence-corrected chi connectivity index (χ0v) is 10.5. The van der Waals surface area contributed by atoms with E-state index in [9.17, 15) is 4.79 Å². The van der Waals surface area contributed by atoms with Crippen LogP contribution in [0, 0.1) is 5.41 Å². The monoisotopic (exact) mass is 239 g/mol. The third kappa shape index (κ3) is 4.52. The molecule has 1 aromatic rings. The molecule has 1 heterocycles. The quantitative estimate of drug-likeness (QED) is 0.664. The number of hydrogen-bond donors (Lipinski definition) is 2. The molecule has 0 aliphatic carbocycles. The van der Waals surface area contributed by atoms with E-state index in [1.165, 1.54) is 0 Å². The number of hydrogen-bond acceptors (Lipinski definition) is 4. The van der Waals surface area contributed by atoms with Gasteiger partial charge in [0.1, 0.15) is 0 Å². The summed E-state index contributed by atoms with van der Waals surface area (Å²) in [4.78, 5) is 11.8. The Bertz CT molecular complexity index is 334. The highest BCUT2D eigenvalue weighted by Crippen LogP contribution is 2.18. The number of nitrogens with two attached hydrogens (primary N) is 1. The van der Waals surface area contributed by atoms with Crippen molar-refractivity contribution < 1.29 is 4.79 Å². The minimum atomic E-state index is -0.387. The second kappa shape index (κ2) is 6.34. The Morgan fingerprint density at radius 3 is 2.88 bits per heavy atom. The predicted molar refractivity (Wildman–Crippen MR) is 65.1 cm³/mol. The molecule has 0 fully saturated rings. The molecule has 0 aliphatic heterocycles. The number of carbonyl (C=O) groups is 1. The minimum Gasteiger partial charge on any atom is -0.356 e. The van der Waals surface area contributed by atoms with Gasteiger partial charge in [0.25, 0.3) is 0 Å². The van der Waals surface area contributed by atoms with Gasteiger partial charge in [-0.05, 0) is 19.4 Å². The van der Waals surface area contributed by atoms with E-state index in [4.69, 9.17) is 5.73 Å². The number of nitrogens with one attached hydrogen (secondary N) is 1. The zero-order valence-electron chi connectivity index (χ0n) is 10.5. The van der Waals surface area contributed by atoms with Crippen molar-refractivity contribution in [3.8, 4) is 0 Å². The van der Waals surface area contributed by atoms with Crippen molar-refractivity contribution in [1.29, 1.82) is 0 Å². The van der Waals surface area contributed by atoms with Crippen molar-refractivity contribution in [1.82, 2.24) is 20.3 Å². The maximum Gasteiger partial charge on any atom is 0.225 e. The molecule has 6 heteroatoms. The maximum atomic E-state index is 11.8. The molecule has 0 aromatic carbocycles. The van der Waals surface area contributed by atoms with E-state index < -0.39 is 0 Å². The molecule has 17 heavy (non-hydrogen) atoms. The van der Waals surface area contributed by atoms with E-state index in [1.54, 1.807) is 17.1 Å². The molecule has 1 amide bonds. The van der Waals surface area contributed by atoms with Gasteiger partial charge in [-0.2, -0.15) is 0 Å². The molecule has 0 atom stereocenters. The molecule has 0 aliphatic rings. The summed E-state index contributed by atoms with van der Waals surface area (Å²) in [5.41, 5.74) is 5.09. The fourth-order valence-electron chi connectivity index (χ4n) is 1.51. The van der Waals surface area contributed by atoms with Gasteiger partial charge >= 0.3 is 0 Å². The van der Waals surface area contributed by atoms with Gasteiger partial charge in [0.2, 0.25) is 5.91 Å². The average molecular weight is 239 g/mol. The lowest BCUT2D eigenvalue weighted by molar-refractivity contribution is -0.129. The first-order valence-electron chi connectivity index (χ1n) is 5.89. The van der Waals surface area contributed by atoms with Gasteiger partial charge in [-0.15, -0.1) is 5.10 Å². The SMILES string of the molecule is CC(C)(CCN)C(=O)NCCCn1ccnn1. The summed E-state index contributed by atoms with van der Waals surface area (Å²) in [7, 11) is 0. The van der Waals surface area contributed by atoms with Crippen LogP contribution in [-0.4, -0.2) is 34.0 Å². The third-order valence-electron chi connectivity index (χ3n) is 2.71. The normalized spacial score (nSPS) is 11.5. The zero-order chi connectivity index (χ0) is 12.7. The Hall–Kier alpha value is -1.43. The summed E-state index contributed by atoms with van der Waals surface area (Å²) >= 11 is 0. The van der Waals surface area contributed by atoms with Crippen molar-refractivity contribution in [3.63, 3.8) is 0 Å². The van der Waals surface area contributed by atoms with E-state index in [2.05, 4.69) is 15.6 Å². The predicted octanol–water partition coefficient (Wildman–Crippen LogP) is 0.159. The molecule has 96 valence electrons. The van der Waals surface area contributed by atoms with Gasteiger partial charge in [0.15, 0.2) is 0 Å². The Morgan fingerprint density at radius 1 is 1.53 bits per heavy atom. The highest BCUT2D eigenvalue weighted by molar-refractivity contribution is 5.81. The molecule has 0 unspecified atom stereocenters. The van der Waals surface area contributed by atoms with E-state index >= 15 is 0 Å². The topological polar surface area (TPSA) is 85.8 Å². The highest BCUT2D eigenvalue weighted by Gasteiger charge is 2.25. The molecule has 0 spiro atoms. The summed E-state index contributed by atoms with van der Waals surface area (Å²) < 4.78 is 1.75. The molecule has 3 N–H and O–H groups in total. The van der Waals surface area contributed by atoms with E-state index in [0.717, 1.165) is 13.0 Å². The second-order valence-electron chi connectivity index (χ2n) is 4.70. The van der Waals surface area contributed by atoms with Crippen LogP contribution in [0.3, 0.4) is 0 Å². The fourth-order valence-corrected chi connectivity index (χ4v) is 1.51. The lowest BCUT2D eigenvalue weighted by Gasteiger charge is -2.22. The standard InChI is InChI=1S/C11H21N5O/c1-11(2,4-5-12)10(17)13-6-3-8-16-9-7-14-15-16/h7,9H,3-6,8,12H2,1-2H3,(H,13,17). The number of carbonyl (C=O) groups excluding carboxylic acids is 1. The molecule has 0 saturated heterocycles. The van der Waals surface area contributed by atoms with Crippen molar-refractivity contribution >= 4 is 5.91 Å². The molecule has 6 nitrogen and oxygen atoms in total. The van der Waals surface area contributed by atoms with Gasteiger partial charge in [-0.1, -0.05) is 19.1 Å². The van der Waals surface area contributed by atoms with E-state index in [1.807, 2.05) is 13.8 Å². The van der Waals surface area contributed by atoms with Gasteiger partial charge in [0.05, 0.1) is 6.20 Å². The molecule has 1 rings (SSSR count). The lowest BCUT2D eigenvalue weighted by atomic mass is 9.88. The molecule has 0 saturated carbocycles. The summed E-state index contributed by atoms with van der Waals surface area (Å²) in [6.07, 6.45) is 4.98. The molecule has 1 aromatic heterocycles. The van der Waals surface area contributed by atoms with Crippen LogP contribution in [0.5, 0.6) is 0 Å². The van der Waals surface area contributed by atoms with Crippen molar-refractivity contribution in [2.24, 2.45) is 11.1 Å². The highest BCUT2D eigenvalue weighted by atomic mass is 16.2. The molecular formula is C11H21N5O. The molecule has 0 radical (unpaired) electrons. The number of nitrogens with zero attached hydrogens (tertiary/aromatic N) is 3. The Labute approximate surface area is 102 Å². The largest absolute Gasteiger partial charge is 0.356 e. The van der Waals surface area contributed by atoms with Crippen molar-refractivity contribution in [2.75, 3.05) is 13.1 Å². The van der Waals surface area contributed by atoms with Crippen LogP contribution in [-0.2, 0) is 11.3 Å². The first kappa shape index (κ1) is 13.6. The van der Waals surface area contributed by atoms with Gasteiger partial charge in [-0.25, -0.2) is 0 Å². The summed E-state index contributed by atoms with van der Waals surface area (Å²) in [6, 6.07) is 0. The number of aryl methyl sites for hydroxylation is 1. The smallest absolute Gasteiger partial charge is 0.225 e. The lowest BCUT2D eigenvalue weighted by Crippen LogP contribution is -2.38. The summed E-state index contributed by atoms with van der Waals surface area (Å²) in [5, 5.41) is 10.5. The van der Waals surface area contributed by atoms with Gasteiger partial charge in [0, 0.05) is 24.7 Å². The number of amides is 1. The summed E-state index contributed by atoms with van der Waals surface area (Å²) in [6.45, 7) is 5.75. The van der Waals surface area contributed by atoms with Crippen molar-refractivity contribution in [3.05, 3.63) is 12.4 Å². The van der Waals surface area contributed by atoms with E-state index in [-0.39, 0.29) is 11.3 Å². The van der Waals surface area contributed by atoms with Crippen LogP contribution >= 0.6 is 0 Å². The van der Waals surface area contributed by atoms with Crippen LogP contribution in [0.4, 0.5) is 0 Å². The minimum absolute atomic E-state index is 0.0570. The first-order chi connectivity index (χ1) is 8.06. The number of aromatic nitrogens is 3. The van der Waals surface area contributed by atoms with Gasteiger partial charge in [-0.3, -0.25) is 9.48 Å². The number of rotatable bonds is 7. The van der Waals surface area contributed by atoms with E-state index in [0.29, 0.717) is 19.5 Å². The molecule has 0 bridgehead atoms. The molecular weight excluding hydrogens is 218 g/mol. The first-order valence-corrected chi connectivity index (χ1v) is 5.89. The van der Waals surface area contributed by atoms with Crippen molar-refractivity contribution in [2.45, 2.75) is 33.2 Å². The van der Waals surface area contributed by atoms with Crippen LogP contribution in [0.2, 0.25) is 0 Å². The van der Waals surface area contributed by atoms with Crippen LogP contribution < -0.4 is 11.1 Å². The third-order valence-corrected chi connectivity index (χ3v) is 2.71. The Kier molecular flexibility index (Phi) is 5.09. The Balaban J connectivity index is 2.20. The fraction of sp³-hybridized carbons (Fsp3) is 0.727. The second-order valence-corrected chi connectivity index (χ2v) is 4.70. The summed E-state index contributed by atoms with van der Waals surface area (Å²) in [5.74, 6) is 0.0570. The van der Waals surface area contributed by atoms with Crippen LogP contribution in [0.15, 0.2) is 12.4 Å². The average Bonchev–Trinajstić information content (AvgIpc) is 2.76. The maximum absolute atomic E-state index is 11.8.